The molecule has 0 aromatic carbocycles. The Hall–Kier alpha value is -0.300. The molecule has 0 rings (SSSR count). The Labute approximate surface area is 109 Å². The SMILES string of the molecule is C=CCNCCCCCCCCCCC(C)C. The highest BCUT2D eigenvalue weighted by Crippen LogP contribution is 2.12. The second-order valence-electron chi connectivity index (χ2n) is 5.50. The van der Waals surface area contributed by atoms with Crippen molar-refractivity contribution in [3.8, 4) is 0 Å². The lowest BCUT2D eigenvalue weighted by atomic mass is 10.0. The molecule has 0 spiro atoms. The second-order valence-corrected chi connectivity index (χ2v) is 5.50. The average Bonchev–Trinajstić information content (AvgIpc) is 2.30. The Morgan fingerprint density at radius 2 is 1.41 bits per heavy atom. The van der Waals surface area contributed by atoms with Crippen molar-refractivity contribution in [1.82, 2.24) is 5.32 Å². The second kappa shape index (κ2) is 13.8. The zero-order valence-corrected chi connectivity index (χ0v) is 12.1. The van der Waals surface area contributed by atoms with E-state index in [1.54, 1.807) is 0 Å². The molecule has 0 aliphatic rings. The van der Waals surface area contributed by atoms with Gasteiger partial charge in [-0.1, -0.05) is 71.3 Å². The summed E-state index contributed by atoms with van der Waals surface area (Å²) in [4.78, 5) is 0. The van der Waals surface area contributed by atoms with E-state index in [9.17, 15) is 0 Å². The fourth-order valence-corrected chi connectivity index (χ4v) is 2.07. The van der Waals surface area contributed by atoms with Crippen molar-refractivity contribution in [3.63, 3.8) is 0 Å². The number of hydrogen-bond donors (Lipinski definition) is 1. The third-order valence-corrected chi connectivity index (χ3v) is 3.17. The van der Waals surface area contributed by atoms with Crippen LogP contribution < -0.4 is 5.32 Å². The summed E-state index contributed by atoms with van der Waals surface area (Å²) in [6.45, 7) is 10.4. The molecule has 0 aliphatic heterocycles. The van der Waals surface area contributed by atoms with Gasteiger partial charge in [0.25, 0.3) is 0 Å². The Morgan fingerprint density at radius 3 is 1.94 bits per heavy atom. The van der Waals surface area contributed by atoms with Gasteiger partial charge in [0.1, 0.15) is 0 Å². The molecule has 0 heterocycles. The van der Waals surface area contributed by atoms with Crippen molar-refractivity contribution < 1.29 is 0 Å². The molecule has 0 radical (unpaired) electrons. The molecule has 0 atom stereocenters. The fourth-order valence-electron chi connectivity index (χ4n) is 2.07. The van der Waals surface area contributed by atoms with Crippen molar-refractivity contribution in [2.75, 3.05) is 13.1 Å². The molecule has 1 heteroatoms. The van der Waals surface area contributed by atoms with Crippen LogP contribution in [0.2, 0.25) is 0 Å². The lowest BCUT2D eigenvalue weighted by Crippen LogP contribution is -2.14. The van der Waals surface area contributed by atoms with Crippen LogP contribution in [0.5, 0.6) is 0 Å². The highest BCUT2D eigenvalue weighted by atomic mass is 14.8. The van der Waals surface area contributed by atoms with Gasteiger partial charge in [-0.15, -0.1) is 6.58 Å². The van der Waals surface area contributed by atoms with Crippen molar-refractivity contribution in [1.29, 1.82) is 0 Å². The van der Waals surface area contributed by atoms with E-state index in [2.05, 4.69) is 25.7 Å². The van der Waals surface area contributed by atoms with Crippen molar-refractivity contribution >= 4 is 0 Å². The first kappa shape index (κ1) is 16.7. The first-order valence-electron chi connectivity index (χ1n) is 7.59. The van der Waals surface area contributed by atoms with Crippen LogP contribution in [0.3, 0.4) is 0 Å². The standard InChI is InChI=1S/C16H33N/c1-4-14-17-15-12-10-8-6-5-7-9-11-13-16(2)3/h4,16-17H,1,5-15H2,2-3H3. The van der Waals surface area contributed by atoms with Gasteiger partial charge in [0.05, 0.1) is 0 Å². The fraction of sp³-hybridized carbons (Fsp3) is 0.875. The zero-order valence-electron chi connectivity index (χ0n) is 12.1. The van der Waals surface area contributed by atoms with E-state index >= 15 is 0 Å². The van der Waals surface area contributed by atoms with Crippen LogP contribution in [0.4, 0.5) is 0 Å². The topological polar surface area (TPSA) is 12.0 Å². The molecule has 1 nitrogen and oxygen atoms in total. The molecule has 1 N–H and O–H groups in total. The molecule has 0 unspecified atom stereocenters. The van der Waals surface area contributed by atoms with Crippen LogP contribution in [0.25, 0.3) is 0 Å². The molecule has 0 saturated heterocycles. The zero-order chi connectivity index (χ0) is 12.8. The summed E-state index contributed by atoms with van der Waals surface area (Å²) in [5, 5.41) is 3.35. The first-order chi connectivity index (χ1) is 8.27. The normalized spacial score (nSPS) is 11.0. The highest BCUT2D eigenvalue weighted by molar-refractivity contribution is 4.69. The van der Waals surface area contributed by atoms with E-state index in [1.165, 1.54) is 57.8 Å². The van der Waals surface area contributed by atoms with E-state index < -0.39 is 0 Å². The minimum absolute atomic E-state index is 0.887. The highest BCUT2D eigenvalue weighted by Gasteiger charge is 1.95. The maximum Gasteiger partial charge on any atom is 0.0132 e. The van der Waals surface area contributed by atoms with E-state index in [1.807, 2.05) is 6.08 Å². The van der Waals surface area contributed by atoms with Gasteiger partial charge in [-0.2, -0.15) is 0 Å². The van der Waals surface area contributed by atoms with Crippen molar-refractivity contribution in [2.45, 2.75) is 71.6 Å². The Bertz CT molecular complexity index is 152. The summed E-state index contributed by atoms with van der Waals surface area (Å²) in [6.07, 6.45) is 14.7. The molecule has 0 aromatic heterocycles. The van der Waals surface area contributed by atoms with E-state index in [0.29, 0.717) is 0 Å². The molecule has 0 saturated carbocycles. The van der Waals surface area contributed by atoms with Gasteiger partial charge in [0.15, 0.2) is 0 Å². The molecular weight excluding hydrogens is 206 g/mol. The Morgan fingerprint density at radius 1 is 0.882 bits per heavy atom. The minimum Gasteiger partial charge on any atom is -0.313 e. The third kappa shape index (κ3) is 15.7. The molecule has 102 valence electrons. The Kier molecular flexibility index (Phi) is 13.5. The Balaban J connectivity index is 2.91. The van der Waals surface area contributed by atoms with Gasteiger partial charge in [-0.25, -0.2) is 0 Å². The molecule has 0 bridgehead atoms. The van der Waals surface area contributed by atoms with E-state index in [4.69, 9.17) is 0 Å². The maximum absolute atomic E-state index is 3.69. The van der Waals surface area contributed by atoms with E-state index in [-0.39, 0.29) is 0 Å². The minimum atomic E-state index is 0.887. The average molecular weight is 239 g/mol. The summed E-state index contributed by atoms with van der Waals surface area (Å²) in [7, 11) is 0. The smallest absolute Gasteiger partial charge is 0.0132 e. The van der Waals surface area contributed by atoms with Gasteiger partial charge in [0.2, 0.25) is 0 Å². The van der Waals surface area contributed by atoms with Gasteiger partial charge in [-0.3, -0.25) is 0 Å². The third-order valence-electron chi connectivity index (χ3n) is 3.17. The summed E-state index contributed by atoms with van der Waals surface area (Å²) >= 11 is 0. The lowest BCUT2D eigenvalue weighted by molar-refractivity contribution is 0.506. The van der Waals surface area contributed by atoms with Crippen LogP contribution >= 0.6 is 0 Å². The molecule has 0 fully saturated rings. The lowest BCUT2D eigenvalue weighted by Gasteiger charge is -2.04. The van der Waals surface area contributed by atoms with Crippen LogP contribution in [0, 0.1) is 5.92 Å². The quantitative estimate of drug-likeness (QED) is 0.355. The van der Waals surface area contributed by atoms with Gasteiger partial charge < -0.3 is 5.32 Å². The van der Waals surface area contributed by atoms with Gasteiger partial charge in [-0.05, 0) is 18.9 Å². The van der Waals surface area contributed by atoms with Crippen LogP contribution in [-0.2, 0) is 0 Å². The number of rotatable bonds is 13. The van der Waals surface area contributed by atoms with Crippen LogP contribution in [0.1, 0.15) is 71.6 Å². The summed E-state index contributed by atoms with van der Waals surface area (Å²) < 4.78 is 0. The number of unbranched alkanes of at least 4 members (excludes halogenated alkanes) is 7. The van der Waals surface area contributed by atoms with Crippen LogP contribution in [-0.4, -0.2) is 13.1 Å². The number of nitrogens with one attached hydrogen (secondary N) is 1. The predicted molar refractivity (Wildman–Crippen MR) is 79.5 cm³/mol. The molecule has 0 aromatic rings. The number of hydrogen-bond acceptors (Lipinski definition) is 1. The van der Waals surface area contributed by atoms with Crippen molar-refractivity contribution in [3.05, 3.63) is 12.7 Å². The molecular formula is C16H33N. The summed E-state index contributed by atoms with van der Waals surface area (Å²) in [5.74, 6) is 0.887. The molecule has 0 amide bonds. The van der Waals surface area contributed by atoms with Gasteiger partial charge >= 0.3 is 0 Å². The summed E-state index contributed by atoms with van der Waals surface area (Å²) in [5.41, 5.74) is 0. The molecule has 0 aliphatic carbocycles. The molecule has 17 heavy (non-hydrogen) atoms. The maximum atomic E-state index is 3.69. The van der Waals surface area contributed by atoms with Crippen molar-refractivity contribution in [2.24, 2.45) is 5.92 Å². The van der Waals surface area contributed by atoms with E-state index in [0.717, 1.165) is 19.0 Å². The first-order valence-corrected chi connectivity index (χ1v) is 7.59. The predicted octanol–water partition coefficient (Wildman–Crippen LogP) is 4.93. The van der Waals surface area contributed by atoms with Gasteiger partial charge in [0, 0.05) is 6.54 Å². The van der Waals surface area contributed by atoms with Crippen LogP contribution in [0.15, 0.2) is 12.7 Å². The monoisotopic (exact) mass is 239 g/mol. The largest absolute Gasteiger partial charge is 0.313 e. The summed E-state index contributed by atoms with van der Waals surface area (Å²) in [6, 6.07) is 0.